The van der Waals surface area contributed by atoms with Crippen molar-refractivity contribution < 1.29 is 24.0 Å². The SMILES string of the molecule is O=C(CCCCCC(=O)C1CCCCCCCCCCC1)ON1C(=O)CCC1=O. The fraction of sp³-hybridized carbons (Fsp3) is 0.826. The minimum atomic E-state index is -0.556. The lowest BCUT2D eigenvalue weighted by atomic mass is 9.88. The summed E-state index contributed by atoms with van der Waals surface area (Å²) in [5, 5.41) is 0.593. The normalized spacial score (nSPS) is 20.2. The first-order valence-electron chi connectivity index (χ1n) is 11.7. The maximum absolute atomic E-state index is 12.6. The molecule has 0 bridgehead atoms. The van der Waals surface area contributed by atoms with Gasteiger partial charge in [0.15, 0.2) is 0 Å². The van der Waals surface area contributed by atoms with E-state index in [9.17, 15) is 19.2 Å². The summed E-state index contributed by atoms with van der Waals surface area (Å²) in [6.45, 7) is 0. The van der Waals surface area contributed by atoms with Gasteiger partial charge in [-0.15, -0.1) is 5.06 Å². The van der Waals surface area contributed by atoms with E-state index in [2.05, 4.69) is 0 Å². The molecule has 6 heteroatoms. The van der Waals surface area contributed by atoms with Gasteiger partial charge >= 0.3 is 5.97 Å². The van der Waals surface area contributed by atoms with Crippen molar-refractivity contribution in [3.63, 3.8) is 0 Å². The van der Waals surface area contributed by atoms with Gasteiger partial charge in [-0.05, 0) is 25.7 Å². The standard InChI is InChI=1S/C23H37NO5/c25-20(19-13-9-6-4-2-1-3-5-7-10-14-19)15-11-8-12-16-23(28)29-24-21(26)17-18-22(24)27/h19H,1-18H2. The van der Waals surface area contributed by atoms with Crippen LogP contribution in [0.2, 0.25) is 0 Å². The van der Waals surface area contributed by atoms with Crippen LogP contribution in [0.4, 0.5) is 0 Å². The van der Waals surface area contributed by atoms with Crippen molar-refractivity contribution >= 4 is 23.6 Å². The molecule has 0 unspecified atom stereocenters. The predicted octanol–water partition coefficient (Wildman–Crippen LogP) is 5.03. The Balaban J connectivity index is 1.60. The Kier molecular flexibility index (Phi) is 11.0. The zero-order valence-corrected chi connectivity index (χ0v) is 17.8. The number of hydrogen-bond acceptors (Lipinski definition) is 5. The van der Waals surface area contributed by atoms with Crippen molar-refractivity contribution in [3.8, 4) is 0 Å². The third-order valence-electron chi connectivity index (χ3n) is 6.06. The number of ketones is 1. The molecule has 29 heavy (non-hydrogen) atoms. The third kappa shape index (κ3) is 9.09. The number of nitrogens with zero attached hydrogens (tertiary/aromatic N) is 1. The Hall–Kier alpha value is -1.72. The zero-order chi connectivity index (χ0) is 20.9. The highest BCUT2D eigenvalue weighted by Gasteiger charge is 2.32. The molecule has 0 aromatic rings. The van der Waals surface area contributed by atoms with Crippen molar-refractivity contribution in [1.82, 2.24) is 5.06 Å². The summed E-state index contributed by atoms with van der Waals surface area (Å²) >= 11 is 0. The molecule has 6 nitrogen and oxygen atoms in total. The molecule has 2 fully saturated rings. The summed E-state index contributed by atoms with van der Waals surface area (Å²) in [5.41, 5.74) is 0. The van der Waals surface area contributed by atoms with Crippen LogP contribution in [0, 0.1) is 5.92 Å². The molecule has 0 aromatic carbocycles. The fourth-order valence-electron chi connectivity index (χ4n) is 4.24. The topological polar surface area (TPSA) is 80.8 Å². The van der Waals surface area contributed by atoms with Crippen LogP contribution in [0.3, 0.4) is 0 Å². The Morgan fingerprint density at radius 2 is 1.21 bits per heavy atom. The average molecular weight is 408 g/mol. The number of unbranched alkanes of at least 4 members (excludes halogenated alkanes) is 2. The lowest BCUT2D eigenvalue weighted by molar-refractivity contribution is -0.197. The number of carbonyl (C=O) groups excluding carboxylic acids is 4. The second kappa shape index (κ2) is 13.5. The minimum Gasteiger partial charge on any atom is -0.330 e. The Morgan fingerprint density at radius 1 is 0.724 bits per heavy atom. The van der Waals surface area contributed by atoms with Crippen LogP contribution < -0.4 is 0 Å². The number of hydrogen-bond donors (Lipinski definition) is 0. The van der Waals surface area contributed by atoms with Crippen molar-refractivity contribution in [2.24, 2.45) is 5.92 Å². The van der Waals surface area contributed by atoms with E-state index in [4.69, 9.17) is 4.84 Å². The van der Waals surface area contributed by atoms with Gasteiger partial charge in [0.2, 0.25) is 0 Å². The Morgan fingerprint density at radius 3 is 1.76 bits per heavy atom. The summed E-state index contributed by atoms with van der Waals surface area (Å²) in [5.74, 6) is -0.860. The van der Waals surface area contributed by atoms with E-state index < -0.39 is 17.8 Å². The molecular formula is C23H37NO5. The van der Waals surface area contributed by atoms with Crippen molar-refractivity contribution in [1.29, 1.82) is 0 Å². The highest BCUT2D eigenvalue weighted by Crippen LogP contribution is 2.23. The molecule has 2 aliphatic rings. The first kappa shape index (κ1) is 23.6. The monoisotopic (exact) mass is 407 g/mol. The van der Waals surface area contributed by atoms with Gasteiger partial charge in [0.05, 0.1) is 0 Å². The van der Waals surface area contributed by atoms with Crippen LogP contribution in [0.25, 0.3) is 0 Å². The smallest absolute Gasteiger partial charge is 0.330 e. The fourth-order valence-corrected chi connectivity index (χ4v) is 4.24. The molecular weight excluding hydrogens is 370 g/mol. The lowest BCUT2D eigenvalue weighted by Crippen LogP contribution is -2.31. The maximum Gasteiger partial charge on any atom is 0.333 e. The molecule has 1 saturated heterocycles. The number of hydroxylamine groups is 2. The van der Waals surface area contributed by atoms with Crippen LogP contribution in [0.5, 0.6) is 0 Å². The molecule has 2 rings (SSSR count). The summed E-state index contributed by atoms with van der Waals surface area (Å²) in [6.07, 6.45) is 16.6. The molecule has 1 saturated carbocycles. The second-order valence-electron chi connectivity index (χ2n) is 8.53. The molecule has 1 aliphatic heterocycles. The highest BCUT2D eigenvalue weighted by molar-refractivity contribution is 6.01. The molecule has 0 aromatic heterocycles. The van der Waals surface area contributed by atoms with E-state index in [0.29, 0.717) is 23.7 Å². The van der Waals surface area contributed by atoms with Crippen molar-refractivity contribution in [2.45, 2.75) is 116 Å². The van der Waals surface area contributed by atoms with E-state index in [1.807, 2.05) is 0 Å². The maximum atomic E-state index is 12.6. The predicted molar refractivity (Wildman–Crippen MR) is 110 cm³/mol. The van der Waals surface area contributed by atoms with Crippen LogP contribution in [0.1, 0.15) is 116 Å². The van der Waals surface area contributed by atoms with Gasteiger partial charge in [-0.3, -0.25) is 14.4 Å². The molecule has 2 amide bonds. The number of imide groups is 1. The lowest BCUT2D eigenvalue weighted by Gasteiger charge is -2.17. The molecule has 0 spiro atoms. The van der Waals surface area contributed by atoms with Crippen molar-refractivity contribution in [3.05, 3.63) is 0 Å². The van der Waals surface area contributed by atoms with Gasteiger partial charge in [-0.25, -0.2) is 4.79 Å². The summed E-state index contributed by atoms with van der Waals surface area (Å²) < 4.78 is 0. The number of rotatable bonds is 8. The Labute approximate surface area is 174 Å². The van der Waals surface area contributed by atoms with Crippen LogP contribution in [0.15, 0.2) is 0 Å². The van der Waals surface area contributed by atoms with Gasteiger partial charge < -0.3 is 4.84 Å². The molecule has 164 valence electrons. The molecule has 1 aliphatic carbocycles. The number of Topliss-reactive ketones (excluding diaryl/α,β-unsaturated/α-hetero) is 1. The third-order valence-corrected chi connectivity index (χ3v) is 6.06. The van der Waals surface area contributed by atoms with E-state index in [1.54, 1.807) is 0 Å². The molecule has 1 heterocycles. The van der Waals surface area contributed by atoms with E-state index in [1.165, 1.54) is 44.9 Å². The van der Waals surface area contributed by atoms with Crippen molar-refractivity contribution in [2.75, 3.05) is 0 Å². The largest absolute Gasteiger partial charge is 0.333 e. The molecule has 0 radical (unpaired) electrons. The summed E-state index contributed by atoms with van der Waals surface area (Å²) in [6, 6.07) is 0. The van der Waals surface area contributed by atoms with Gasteiger partial charge in [0.25, 0.3) is 11.8 Å². The molecule has 0 N–H and O–H groups in total. The van der Waals surface area contributed by atoms with Crippen LogP contribution >= 0.6 is 0 Å². The zero-order valence-electron chi connectivity index (χ0n) is 17.8. The average Bonchev–Trinajstić information content (AvgIpc) is 3.00. The van der Waals surface area contributed by atoms with Gasteiger partial charge in [-0.1, -0.05) is 64.2 Å². The Bertz CT molecular complexity index is 531. The highest BCUT2D eigenvalue weighted by atomic mass is 16.7. The van der Waals surface area contributed by atoms with Gasteiger partial charge in [-0.2, -0.15) is 0 Å². The van der Waals surface area contributed by atoms with Crippen LogP contribution in [-0.4, -0.2) is 28.6 Å². The van der Waals surface area contributed by atoms with Crippen LogP contribution in [-0.2, 0) is 24.0 Å². The number of carbonyl (C=O) groups is 4. The van der Waals surface area contributed by atoms with E-state index >= 15 is 0 Å². The first-order valence-corrected chi connectivity index (χ1v) is 11.7. The first-order chi connectivity index (χ1) is 14.1. The van der Waals surface area contributed by atoms with E-state index in [-0.39, 0.29) is 25.2 Å². The van der Waals surface area contributed by atoms with E-state index in [0.717, 1.165) is 38.5 Å². The van der Waals surface area contributed by atoms with Gasteiger partial charge in [0, 0.05) is 31.6 Å². The number of amides is 2. The summed E-state index contributed by atoms with van der Waals surface area (Å²) in [7, 11) is 0. The minimum absolute atomic E-state index is 0.107. The second-order valence-corrected chi connectivity index (χ2v) is 8.53. The quantitative estimate of drug-likeness (QED) is 0.416. The summed E-state index contributed by atoms with van der Waals surface area (Å²) in [4.78, 5) is 52.1. The molecule has 0 atom stereocenters. The van der Waals surface area contributed by atoms with Gasteiger partial charge in [0.1, 0.15) is 5.78 Å².